The molecule has 1 rings (SSSR count). The van der Waals surface area contributed by atoms with Crippen LogP contribution in [0.1, 0.15) is 24.0 Å². The normalized spacial score (nSPS) is 12.8. The Bertz CT molecular complexity index is 263. The first-order chi connectivity index (χ1) is 6.13. The largest absolute Gasteiger partial charge is 0.508 e. The van der Waals surface area contributed by atoms with Gasteiger partial charge in [0, 0.05) is 6.54 Å². The molecule has 0 heterocycles. The summed E-state index contributed by atoms with van der Waals surface area (Å²) >= 11 is 0. The van der Waals surface area contributed by atoms with Crippen LogP contribution in [0.25, 0.3) is 0 Å². The minimum Gasteiger partial charge on any atom is -0.508 e. The van der Waals surface area contributed by atoms with Crippen molar-refractivity contribution in [2.24, 2.45) is 0 Å². The number of nitrogens with one attached hydrogen (secondary N) is 1. The van der Waals surface area contributed by atoms with Crippen LogP contribution >= 0.6 is 0 Å². The van der Waals surface area contributed by atoms with E-state index in [1.807, 2.05) is 20.0 Å². The maximum atomic E-state index is 9.39. The molecule has 0 aliphatic rings. The molecule has 2 nitrogen and oxygen atoms in total. The van der Waals surface area contributed by atoms with E-state index in [9.17, 15) is 5.11 Å². The van der Waals surface area contributed by atoms with Gasteiger partial charge in [-0.3, -0.25) is 0 Å². The van der Waals surface area contributed by atoms with Crippen molar-refractivity contribution in [2.75, 3.05) is 13.6 Å². The number of likely N-dealkylation sites (N-methyl/N-ethyl adjacent to an activating group) is 1. The first-order valence-electron chi connectivity index (χ1n) is 4.58. The Hall–Kier alpha value is -1.02. The molecule has 0 fully saturated rings. The summed E-state index contributed by atoms with van der Waals surface area (Å²) in [4.78, 5) is 0. The highest BCUT2D eigenvalue weighted by atomic mass is 16.3. The maximum Gasteiger partial charge on any atom is 0.116 e. The van der Waals surface area contributed by atoms with Crippen molar-refractivity contribution in [3.8, 4) is 5.75 Å². The van der Waals surface area contributed by atoms with Gasteiger partial charge in [0.05, 0.1) is 0 Å². The van der Waals surface area contributed by atoms with Gasteiger partial charge in [-0.2, -0.15) is 0 Å². The Morgan fingerprint density at radius 3 is 2.62 bits per heavy atom. The molecule has 0 saturated heterocycles. The topological polar surface area (TPSA) is 32.3 Å². The molecule has 72 valence electrons. The number of phenolic OH excluding ortho intramolecular Hbond substituents is 1. The quantitative estimate of drug-likeness (QED) is 0.744. The number of hydrogen-bond donors (Lipinski definition) is 2. The number of phenols is 1. The van der Waals surface area contributed by atoms with Crippen LogP contribution in [-0.2, 0) is 0 Å². The molecular weight excluding hydrogens is 162 g/mol. The summed E-state index contributed by atoms with van der Waals surface area (Å²) in [7, 11) is 1.94. The molecule has 2 heteroatoms. The molecular formula is C11H17NO. The summed E-state index contributed by atoms with van der Waals surface area (Å²) in [5.41, 5.74) is 2.30. The minimum atomic E-state index is 0.359. The zero-order valence-corrected chi connectivity index (χ0v) is 8.46. The molecule has 1 atom stereocenters. The summed E-state index contributed by atoms with van der Waals surface area (Å²) in [6.07, 6.45) is 0. The second-order valence-electron chi connectivity index (χ2n) is 3.56. The second kappa shape index (κ2) is 4.28. The van der Waals surface area contributed by atoms with Crippen molar-refractivity contribution in [2.45, 2.75) is 19.8 Å². The van der Waals surface area contributed by atoms with Crippen LogP contribution in [0.4, 0.5) is 0 Å². The average Bonchev–Trinajstić information content (AvgIpc) is 2.03. The monoisotopic (exact) mass is 179 g/mol. The Kier molecular flexibility index (Phi) is 3.32. The fraction of sp³-hybridized carbons (Fsp3) is 0.455. The lowest BCUT2D eigenvalue weighted by Crippen LogP contribution is -2.14. The molecule has 1 aromatic carbocycles. The van der Waals surface area contributed by atoms with Crippen LogP contribution in [0.15, 0.2) is 18.2 Å². The van der Waals surface area contributed by atoms with Gasteiger partial charge in [0.15, 0.2) is 0 Å². The number of benzene rings is 1. The highest BCUT2D eigenvalue weighted by Gasteiger charge is 2.05. The molecule has 0 bridgehead atoms. The van der Waals surface area contributed by atoms with E-state index in [1.165, 1.54) is 5.56 Å². The van der Waals surface area contributed by atoms with Crippen molar-refractivity contribution >= 4 is 0 Å². The van der Waals surface area contributed by atoms with Gasteiger partial charge in [-0.15, -0.1) is 0 Å². The van der Waals surface area contributed by atoms with Gasteiger partial charge in [0.25, 0.3) is 0 Å². The van der Waals surface area contributed by atoms with E-state index in [0.29, 0.717) is 11.7 Å². The van der Waals surface area contributed by atoms with Gasteiger partial charge < -0.3 is 10.4 Å². The summed E-state index contributed by atoms with van der Waals surface area (Å²) in [5, 5.41) is 12.5. The van der Waals surface area contributed by atoms with E-state index in [4.69, 9.17) is 0 Å². The van der Waals surface area contributed by atoms with Gasteiger partial charge in [-0.1, -0.05) is 13.0 Å². The van der Waals surface area contributed by atoms with Gasteiger partial charge in [0.2, 0.25) is 0 Å². The van der Waals surface area contributed by atoms with Gasteiger partial charge in [-0.05, 0) is 43.1 Å². The average molecular weight is 179 g/mol. The first kappa shape index (κ1) is 10.1. The standard InChI is InChI=1S/C11H17NO/c1-8-4-10(6-11(13)5-8)9(2)7-12-3/h4-6,9,12-13H,7H2,1-3H3. The van der Waals surface area contributed by atoms with Gasteiger partial charge in [0.1, 0.15) is 5.75 Å². The molecule has 2 N–H and O–H groups in total. The Balaban J connectivity index is 2.87. The van der Waals surface area contributed by atoms with E-state index in [1.54, 1.807) is 6.07 Å². The Labute approximate surface area is 79.6 Å². The third-order valence-corrected chi connectivity index (χ3v) is 2.16. The van der Waals surface area contributed by atoms with Crippen molar-refractivity contribution in [3.05, 3.63) is 29.3 Å². The van der Waals surface area contributed by atoms with Gasteiger partial charge >= 0.3 is 0 Å². The lowest BCUT2D eigenvalue weighted by Gasteiger charge is -2.12. The van der Waals surface area contributed by atoms with E-state index in [0.717, 1.165) is 12.1 Å². The third kappa shape index (κ3) is 2.74. The molecule has 0 aliphatic carbocycles. The van der Waals surface area contributed by atoms with Crippen LogP contribution in [0.2, 0.25) is 0 Å². The van der Waals surface area contributed by atoms with E-state index >= 15 is 0 Å². The number of hydrogen-bond acceptors (Lipinski definition) is 2. The molecule has 13 heavy (non-hydrogen) atoms. The number of aryl methyl sites for hydroxylation is 1. The van der Waals surface area contributed by atoms with Crippen LogP contribution in [-0.4, -0.2) is 18.7 Å². The summed E-state index contributed by atoms with van der Waals surface area (Å²) in [5.74, 6) is 0.800. The highest BCUT2D eigenvalue weighted by molar-refractivity contribution is 5.34. The van der Waals surface area contributed by atoms with Crippen molar-refractivity contribution < 1.29 is 5.11 Å². The smallest absolute Gasteiger partial charge is 0.116 e. The predicted molar refractivity (Wildman–Crippen MR) is 55.2 cm³/mol. The fourth-order valence-corrected chi connectivity index (χ4v) is 1.50. The van der Waals surface area contributed by atoms with Crippen LogP contribution < -0.4 is 5.32 Å². The molecule has 0 saturated carbocycles. The highest BCUT2D eigenvalue weighted by Crippen LogP contribution is 2.21. The number of aromatic hydroxyl groups is 1. The molecule has 0 spiro atoms. The van der Waals surface area contributed by atoms with E-state index in [2.05, 4.69) is 18.3 Å². The van der Waals surface area contributed by atoms with E-state index < -0.39 is 0 Å². The zero-order valence-electron chi connectivity index (χ0n) is 8.46. The van der Waals surface area contributed by atoms with Crippen molar-refractivity contribution in [1.29, 1.82) is 0 Å². The third-order valence-electron chi connectivity index (χ3n) is 2.16. The van der Waals surface area contributed by atoms with Crippen LogP contribution in [0, 0.1) is 6.92 Å². The molecule has 1 aromatic rings. The zero-order chi connectivity index (χ0) is 9.84. The Morgan fingerprint density at radius 2 is 2.08 bits per heavy atom. The molecule has 0 aliphatic heterocycles. The molecule has 0 aromatic heterocycles. The van der Waals surface area contributed by atoms with Gasteiger partial charge in [-0.25, -0.2) is 0 Å². The van der Waals surface area contributed by atoms with Crippen molar-refractivity contribution in [1.82, 2.24) is 5.32 Å². The lowest BCUT2D eigenvalue weighted by molar-refractivity contribution is 0.473. The minimum absolute atomic E-state index is 0.359. The summed E-state index contributed by atoms with van der Waals surface area (Å²) in [6, 6.07) is 5.71. The second-order valence-corrected chi connectivity index (χ2v) is 3.56. The van der Waals surface area contributed by atoms with Crippen molar-refractivity contribution in [3.63, 3.8) is 0 Å². The molecule has 1 unspecified atom stereocenters. The van der Waals surface area contributed by atoms with E-state index in [-0.39, 0.29) is 0 Å². The predicted octanol–water partition coefficient (Wildman–Crippen LogP) is 2.02. The number of rotatable bonds is 3. The Morgan fingerprint density at radius 1 is 1.38 bits per heavy atom. The van der Waals surface area contributed by atoms with Crippen LogP contribution in [0.3, 0.4) is 0 Å². The summed E-state index contributed by atoms with van der Waals surface area (Å²) < 4.78 is 0. The lowest BCUT2D eigenvalue weighted by atomic mass is 9.99. The fourth-order valence-electron chi connectivity index (χ4n) is 1.50. The van der Waals surface area contributed by atoms with Crippen LogP contribution in [0.5, 0.6) is 5.75 Å². The molecule has 0 amide bonds. The SMILES string of the molecule is CNCC(C)c1cc(C)cc(O)c1. The molecule has 0 radical (unpaired) electrons. The maximum absolute atomic E-state index is 9.39. The summed E-state index contributed by atoms with van der Waals surface area (Å²) in [6.45, 7) is 5.07. The first-order valence-corrected chi connectivity index (χ1v) is 4.58.